The van der Waals surface area contributed by atoms with Gasteiger partial charge in [-0.3, -0.25) is 9.59 Å². The summed E-state index contributed by atoms with van der Waals surface area (Å²) in [6.07, 6.45) is -0.514. The van der Waals surface area contributed by atoms with Crippen molar-refractivity contribution in [3.8, 4) is 5.75 Å². The van der Waals surface area contributed by atoms with Crippen LogP contribution in [-0.4, -0.2) is 23.2 Å². The quantitative estimate of drug-likeness (QED) is 0.834. The lowest BCUT2D eigenvalue weighted by molar-refractivity contribution is -0.122. The minimum absolute atomic E-state index is 0.0970. The van der Waals surface area contributed by atoms with Crippen LogP contribution in [0.15, 0.2) is 53.4 Å². The van der Waals surface area contributed by atoms with E-state index in [0.29, 0.717) is 17.1 Å². The topological polar surface area (TPSA) is 67.4 Å². The summed E-state index contributed by atoms with van der Waals surface area (Å²) >= 11 is 1.49. The maximum absolute atomic E-state index is 12.4. The molecule has 0 unspecified atom stereocenters. The Hall–Kier alpha value is -2.47. The molecule has 24 heavy (non-hydrogen) atoms. The molecule has 0 saturated heterocycles. The number of ether oxygens (including phenoxy) is 1. The molecule has 1 aliphatic rings. The second-order valence-corrected chi connectivity index (χ2v) is 6.94. The number of carbonyl (C=O) groups excluding carboxylic acids is 2. The molecule has 124 valence electrons. The molecule has 2 atom stereocenters. The number of thioether (sulfide) groups is 1. The largest absolute Gasteiger partial charge is 0.479 e. The van der Waals surface area contributed by atoms with Gasteiger partial charge in [0.1, 0.15) is 5.75 Å². The lowest BCUT2D eigenvalue weighted by Gasteiger charge is -2.23. The Morgan fingerprint density at radius 1 is 1.25 bits per heavy atom. The van der Waals surface area contributed by atoms with Gasteiger partial charge in [0.05, 0.1) is 10.9 Å². The summed E-state index contributed by atoms with van der Waals surface area (Å²) < 4.78 is 5.50. The summed E-state index contributed by atoms with van der Waals surface area (Å²) in [5.41, 5.74) is 1.19. The maximum atomic E-state index is 12.4. The van der Waals surface area contributed by atoms with Crippen LogP contribution in [0.5, 0.6) is 5.75 Å². The maximum Gasteiger partial charge on any atom is 0.265 e. The standard InChI is InChI=1S/C18H18N2O3S/c1-11-17(21)20-15-10-13(8-9-16(15)23-11)19-18(22)12(2)24-14-6-4-3-5-7-14/h3-12H,1-2H3,(H,19,22)(H,20,21)/t11-,12-/m1/s1. The smallest absolute Gasteiger partial charge is 0.265 e. The number of nitrogens with one attached hydrogen (secondary N) is 2. The lowest BCUT2D eigenvalue weighted by Crippen LogP contribution is -2.34. The SMILES string of the molecule is C[C@H]1Oc2ccc(NC(=O)[C@@H](C)Sc3ccccc3)cc2NC1=O. The van der Waals surface area contributed by atoms with E-state index >= 15 is 0 Å². The van der Waals surface area contributed by atoms with Crippen molar-refractivity contribution in [1.29, 1.82) is 0 Å². The Bertz CT molecular complexity index is 764. The highest BCUT2D eigenvalue weighted by molar-refractivity contribution is 8.00. The first kappa shape index (κ1) is 16.4. The summed E-state index contributed by atoms with van der Waals surface area (Å²) in [6.45, 7) is 3.55. The fourth-order valence-electron chi connectivity index (χ4n) is 2.29. The fraction of sp³-hybridized carbons (Fsp3) is 0.222. The second kappa shape index (κ2) is 6.97. The Labute approximate surface area is 144 Å². The molecule has 0 fully saturated rings. The summed E-state index contributed by atoms with van der Waals surface area (Å²) in [5, 5.41) is 5.40. The van der Waals surface area contributed by atoms with Gasteiger partial charge < -0.3 is 15.4 Å². The third kappa shape index (κ3) is 3.71. The summed E-state index contributed by atoms with van der Waals surface area (Å²) in [6, 6.07) is 15.0. The molecule has 0 aromatic heterocycles. The van der Waals surface area contributed by atoms with Crippen LogP contribution >= 0.6 is 11.8 Å². The second-order valence-electron chi connectivity index (χ2n) is 5.52. The van der Waals surface area contributed by atoms with Gasteiger partial charge in [-0.25, -0.2) is 0 Å². The minimum atomic E-state index is -0.514. The molecule has 1 heterocycles. The van der Waals surface area contributed by atoms with Crippen LogP contribution in [0.3, 0.4) is 0 Å². The van der Waals surface area contributed by atoms with Crippen molar-refractivity contribution in [1.82, 2.24) is 0 Å². The summed E-state index contributed by atoms with van der Waals surface area (Å²) in [5.74, 6) is 0.311. The van der Waals surface area contributed by atoms with E-state index in [9.17, 15) is 9.59 Å². The van der Waals surface area contributed by atoms with Crippen molar-refractivity contribution in [3.63, 3.8) is 0 Å². The molecule has 6 heteroatoms. The van der Waals surface area contributed by atoms with Crippen LogP contribution in [0.2, 0.25) is 0 Å². The molecule has 1 aliphatic heterocycles. The van der Waals surface area contributed by atoms with Crippen LogP contribution < -0.4 is 15.4 Å². The zero-order valence-electron chi connectivity index (χ0n) is 13.4. The van der Waals surface area contributed by atoms with Gasteiger partial charge in [0.2, 0.25) is 5.91 Å². The minimum Gasteiger partial charge on any atom is -0.479 e. The predicted molar refractivity (Wildman–Crippen MR) is 95.6 cm³/mol. The highest BCUT2D eigenvalue weighted by Crippen LogP contribution is 2.32. The van der Waals surface area contributed by atoms with E-state index in [0.717, 1.165) is 4.90 Å². The van der Waals surface area contributed by atoms with Crippen molar-refractivity contribution in [2.45, 2.75) is 30.1 Å². The van der Waals surface area contributed by atoms with Crippen LogP contribution in [0.4, 0.5) is 11.4 Å². The molecule has 2 amide bonds. The molecule has 2 N–H and O–H groups in total. The Morgan fingerprint density at radius 3 is 2.75 bits per heavy atom. The normalized spacial score (nSPS) is 17.2. The van der Waals surface area contributed by atoms with Crippen molar-refractivity contribution in [2.24, 2.45) is 0 Å². The zero-order chi connectivity index (χ0) is 17.1. The van der Waals surface area contributed by atoms with Crippen molar-refractivity contribution in [3.05, 3.63) is 48.5 Å². The van der Waals surface area contributed by atoms with E-state index < -0.39 is 6.10 Å². The van der Waals surface area contributed by atoms with Gasteiger partial charge in [-0.1, -0.05) is 18.2 Å². The number of carbonyl (C=O) groups is 2. The van der Waals surface area contributed by atoms with Crippen LogP contribution in [0, 0.1) is 0 Å². The average molecular weight is 342 g/mol. The van der Waals surface area contributed by atoms with Crippen molar-refractivity contribution in [2.75, 3.05) is 10.6 Å². The van der Waals surface area contributed by atoms with Gasteiger partial charge in [0.25, 0.3) is 5.91 Å². The molecule has 0 saturated carbocycles. The molecule has 2 aromatic rings. The number of anilines is 2. The molecule has 0 spiro atoms. The lowest BCUT2D eigenvalue weighted by atomic mass is 10.2. The van der Waals surface area contributed by atoms with E-state index in [1.807, 2.05) is 37.3 Å². The molecule has 5 nitrogen and oxygen atoms in total. The summed E-state index contributed by atoms with van der Waals surface area (Å²) in [4.78, 5) is 25.1. The van der Waals surface area contributed by atoms with Gasteiger partial charge in [-0.05, 0) is 44.2 Å². The molecule has 3 rings (SSSR count). The van der Waals surface area contributed by atoms with Crippen molar-refractivity contribution >= 4 is 35.0 Å². The first-order chi connectivity index (χ1) is 11.5. The number of amides is 2. The molecule has 0 radical (unpaired) electrons. The van der Waals surface area contributed by atoms with E-state index in [4.69, 9.17) is 4.74 Å². The number of rotatable bonds is 4. The van der Waals surface area contributed by atoms with E-state index in [2.05, 4.69) is 10.6 Å². The van der Waals surface area contributed by atoms with Gasteiger partial charge >= 0.3 is 0 Å². The van der Waals surface area contributed by atoms with Crippen molar-refractivity contribution < 1.29 is 14.3 Å². The van der Waals surface area contributed by atoms with E-state index in [-0.39, 0.29) is 17.1 Å². The Kier molecular flexibility index (Phi) is 4.76. The monoisotopic (exact) mass is 342 g/mol. The highest BCUT2D eigenvalue weighted by atomic mass is 32.2. The van der Waals surface area contributed by atoms with Crippen LogP contribution in [-0.2, 0) is 9.59 Å². The predicted octanol–water partition coefficient (Wildman–Crippen LogP) is 3.53. The van der Waals surface area contributed by atoms with E-state index in [1.54, 1.807) is 25.1 Å². The third-order valence-corrected chi connectivity index (χ3v) is 4.72. The molecular formula is C18H18N2O3S. The average Bonchev–Trinajstić information content (AvgIpc) is 2.57. The number of benzene rings is 2. The first-order valence-electron chi connectivity index (χ1n) is 7.67. The molecule has 0 bridgehead atoms. The van der Waals surface area contributed by atoms with Gasteiger partial charge in [-0.15, -0.1) is 11.8 Å². The highest BCUT2D eigenvalue weighted by Gasteiger charge is 2.24. The Morgan fingerprint density at radius 2 is 2.00 bits per heavy atom. The van der Waals surface area contributed by atoms with Crippen LogP contribution in [0.25, 0.3) is 0 Å². The molecule has 2 aromatic carbocycles. The Balaban J connectivity index is 1.66. The molecule has 0 aliphatic carbocycles. The number of fused-ring (bicyclic) bond motifs is 1. The van der Waals surface area contributed by atoms with Crippen LogP contribution in [0.1, 0.15) is 13.8 Å². The fourth-order valence-corrected chi connectivity index (χ4v) is 3.18. The van der Waals surface area contributed by atoms with E-state index in [1.165, 1.54) is 11.8 Å². The first-order valence-corrected chi connectivity index (χ1v) is 8.55. The van der Waals surface area contributed by atoms with Gasteiger partial charge in [0, 0.05) is 10.6 Å². The zero-order valence-corrected chi connectivity index (χ0v) is 14.2. The third-order valence-electron chi connectivity index (χ3n) is 3.60. The number of hydrogen-bond donors (Lipinski definition) is 2. The number of hydrogen-bond acceptors (Lipinski definition) is 4. The summed E-state index contributed by atoms with van der Waals surface area (Å²) in [7, 11) is 0. The molecular weight excluding hydrogens is 324 g/mol. The van der Waals surface area contributed by atoms with Gasteiger partial charge in [-0.2, -0.15) is 0 Å². The van der Waals surface area contributed by atoms with Gasteiger partial charge in [0.15, 0.2) is 6.10 Å².